The second-order valence-electron chi connectivity index (χ2n) is 6.63. The van der Waals surface area contributed by atoms with Gasteiger partial charge in [-0.15, -0.1) is 0 Å². The van der Waals surface area contributed by atoms with Crippen molar-refractivity contribution in [3.8, 4) is 17.2 Å². The Morgan fingerprint density at radius 2 is 1.75 bits per heavy atom. The summed E-state index contributed by atoms with van der Waals surface area (Å²) in [4.78, 5) is 23.8. The first kappa shape index (κ1) is 21.3. The molecular formula is C21H28N2O5. The smallest absolute Gasteiger partial charge is 0.223 e. The van der Waals surface area contributed by atoms with Crippen LogP contribution in [0.5, 0.6) is 17.2 Å². The van der Waals surface area contributed by atoms with Gasteiger partial charge in [0.2, 0.25) is 11.3 Å². The summed E-state index contributed by atoms with van der Waals surface area (Å²) in [5.74, 6) is 1.68. The lowest BCUT2D eigenvalue weighted by Crippen LogP contribution is -2.31. The molecule has 152 valence electrons. The van der Waals surface area contributed by atoms with E-state index in [1.165, 1.54) is 6.07 Å². The van der Waals surface area contributed by atoms with Crippen LogP contribution in [0.1, 0.15) is 26.0 Å². The molecule has 0 fully saturated rings. The Labute approximate surface area is 165 Å². The van der Waals surface area contributed by atoms with Gasteiger partial charge in [0.1, 0.15) is 18.1 Å². The van der Waals surface area contributed by atoms with Crippen molar-refractivity contribution in [3.05, 3.63) is 52.4 Å². The Morgan fingerprint density at radius 3 is 2.39 bits per heavy atom. The first-order valence-electron chi connectivity index (χ1n) is 9.29. The number of hydrogen-bond acceptors (Lipinski definition) is 5. The molecule has 2 rings (SSSR count). The van der Waals surface area contributed by atoms with Crippen molar-refractivity contribution in [2.45, 2.75) is 39.8 Å². The predicted molar refractivity (Wildman–Crippen MR) is 107 cm³/mol. The van der Waals surface area contributed by atoms with Crippen molar-refractivity contribution in [1.82, 2.24) is 9.88 Å². The number of hydrogen-bond donors (Lipinski definition) is 1. The molecule has 1 amide bonds. The minimum Gasteiger partial charge on any atom is -0.497 e. The van der Waals surface area contributed by atoms with E-state index in [0.717, 1.165) is 11.5 Å². The van der Waals surface area contributed by atoms with Crippen LogP contribution in [0.25, 0.3) is 0 Å². The Bertz CT molecular complexity index is 828. The molecule has 0 unspecified atom stereocenters. The summed E-state index contributed by atoms with van der Waals surface area (Å²) in [7, 11) is 1.62. The fourth-order valence-electron chi connectivity index (χ4n) is 2.65. The van der Waals surface area contributed by atoms with Crippen LogP contribution in [0.2, 0.25) is 0 Å². The summed E-state index contributed by atoms with van der Waals surface area (Å²) >= 11 is 0. The third kappa shape index (κ3) is 6.33. The summed E-state index contributed by atoms with van der Waals surface area (Å²) in [6.07, 6.45) is 1.92. The van der Waals surface area contributed by atoms with Crippen LogP contribution in [-0.2, 0) is 11.3 Å². The molecule has 28 heavy (non-hydrogen) atoms. The average Bonchev–Trinajstić information content (AvgIpc) is 2.66. The van der Waals surface area contributed by atoms with E-state index in [4.69, 9.17) is 14.2 Å². The number of amides is 1. The molecule has 0 atom stereocenters. The molecule has 0 saturated heterocycles. The third-order valence-electron chi connectivity index (χ3n) is 4.07. The van der Waals surface area contributed by atoms with Crippen LogP contribution in [0.4, 0.5) is 0 Å². The highest BCUT2D eigenvalue weighted by Gasteiger charge is 2.10. The largest absolute Gasteiger partial charge is 0.497 e. The Balaban J connectivity index is 1.91. The van der Waals surface area contributed by atoms with Gasteiger partial charge in [0, 0.05) is 18.3 Å². The number of pyridine rings is 1. The van der Waals surface area contributed by atoms with Gasteiger partial charge in [0.25, 0.3) is 0 Å². The van der Waals surface area contributed by atoms with Crippen molar-refractivity contribution in [1.29, 1.82) is 0 Å². The van der Waals surface area contributed by atoms with Gasteiger partial charge in [0.15, 0.2) is 5.75 Å². The van der Waals surface area contributed by atoms with Gasteiger partial charge >= 0.3 is 0 Å². The van der Waals surface area contributed by atoms with E-state index in [2.05, 4.69) is 5.32 Å². The molecule has 0 aliphatic carbocycles. The molecule has 1 aromatic heterocycles. The van der Waals surface area contributed by atoms with E-state index >= 15 is 0 Å². The van der Waals surface area contributed by atoms with Gasteiger partial charge in [-0.2, -0.15) is 0 Å². The number of aromatic nitrogens is 1. The monoisotopic (exact) mass is 388 g/mol. The number of rotatable bonds is 10. The zero-order chi connectivity index (χ0) is 20.5. The van der Waals surface area contributed by atoms with Gasteiger partial charge < -0.3 is 24.1 Å². The van der Waals surface area contributed by atoms with E-state index in [1.807, 2.05) is 49.6 Å². The third-order valence-corrected chi connectivity index (χ3v) is 4.07. The fraction of sp³-hybridized carbons (Fsp3) is 0.429. The Hall–Kier alpha value is -2.96. The van der Waals surface area contributed by atoms with Gasteiger partial charge in [0.05, 0.1) is 32.4 Å². The molecule has 2 aromatic rings. The van der Waals surface area contributed by atoms with E-state index in [9.17, 15) is 9.59 Å². The number of methoxy groups -OCH3 is 1. The van der Waals surface area contributed by atoms with Gasteiger partial charge in [-0.1, -0.05) is 0 Å². The summed E-state index contributed by atoms with van der Waals surface area (Å²) in [5, 5.41) is 2.79. The molecule has 7 heteroatoms. The van der Waals surface area contributed by atoms with Crippen molar-refractivity contribution in [2.24, 2.45) is 0 Å². The molecule has 0 spiro atoms. The van der Waals surface area contributed by atoms with Gasteiger partial charge in [-0.25, -0.2) is 0 Å². The van der Waals surface area contributed by atoms with Crippen LogP contribution in [-0.4, -0.2) is 36.8 Å². The summed E-state index contributed by atoms with van der Waals surface area (Å²) < 4.78 is 18.4. The van der Waals surface area contributed by atoms with Crippen LogP contribution in [0.3, 0.4) is 0 Å². The summed E-state index contributed by atoms with van der Waals surface area (Å²) in [5.41, 5.74) is 0.504. The zero-order valence-corrected chi connectivity index (χ0v) is 16.9. The SMILES string of the molecule is COc1ccc(OCCn2ccc(=O)c(OCCC(=O)NC(C)C)c2C)cc1. The Morgan fingerprint density at radius 1 is 1.07 bits per heavy atom. The van der Waals surface area contributed by atoms with E-state index < -0.39 is 0 Å². The molecule has 1 aromatic carbocycles. The molecule has 0 aliphatic heterocycles. The van der Waals surface area contributed by atoms with Gasteiger partial charge in [-0.05, 0) is 45.0 Å². The van der Waals surface area contributed by atoms with Gasteiger partial charge in [-0.3, -0.25) is 9.59 Å². The minimum atomic E-state index is -0.200. The minimum absolute atomic E-state index is 0.0777. The maximum absolute atomic E-state index is 12.1. The maximum Gasteiger partial charge on any atom is 0.223 e. The Kier molecular flexibility index (Phi) is 7.92. The lowest BCUT2D eigenvalue weighted by Gasteiger charge is -2.15. The molecular weight excluding hydrogens is 360 g/mol. The van der Waals surface area contributed by atoms with Crippen LogP contribution >= 0.6 is 0 Å². The number of ether oxygens (including phenoxy) is 3. The van der Waals surface area contributed by atoms with E-state index in [0.29, 0.717) is 18.8 Å². The van der Waals surface area contributed by atoms with Crippen LogP contribution in [0, 0.1) is 6.92 Å². The molecule has 0 bridgehead atoms. The number of nitrogens with one attached hydrogen (secondary N) is 1. The zero-order valence-electron chi connectivity index (χ0n) is 16.9. The number of benzene rings is 1. The molecule has 7 nitrogen and oxygen atoms in total. The average molecular weight is 388 g/mol. The number of carbonyl (C=O) groups is 1. The number of carbonyl (C=O) groups excluding carboxylic acids is 1. The highest BCUT2D eigenvalue weighted by atomic mass is 16.5. The second kappa shape index (κ2) is 10.4. The van der Waals surface area contributed by atoms with Crippen LogP contribution in [0.15, 0.2) is 41.3 Å². The first-order valence-corrected chi connectivity index (χ1v) is 9.29. The van der Waals surface area contributed by atoms with Crippen molar-refractivity contribution in [2.75, 3.05) is 20.3 Å². The standard InChI is InChI=1S/C21H28N2O5/c1-15(2)22-20(25)10-13-28-21-16(3)23(11-9-19(21)24)12-14-27-18-7-5-17(26-4)6-8-18/h5-9,11,15H,10,12-14H2,1-4H3,(H,22,25). The maximum atomic E-state index is 12.1. The van der Waals surface area contributed by atoms with Crippen molar-refractivity contribution < 1.29 is 19.0 Å². The lowest BCUT2D eigenvalue weighted by atomic mass is 10.3. The van der Waals surface area contributed by atoms with E-state index in [1.54, 1.807) is 13.3 Å². The molecule has 1 N–H and O–H groups in total. The fourth-order valence-corrected chi connectivity index (χ4v) is 2.65. The predicted octanol–water partition coefficient (Wildman–Crippen LogP) is 2.54. The highest BCUT2D eigenvalue weighted by molar-refractivity contribution is 5.76. The van der Waals surface area contributed by atoms with Crippen molar-refractivity contribution >= 4 is 5.91 Å². The first-order chi connectivity index (χ1) is 13.4. The molecule has 0 saturated carbocycles. The number of nitrogens with zero attached hydrogens (tertiary/aromatic N) is 1. The quantitative estimate of drug-likeness (QED) is 0.677. The summed E-state index contributed by atoms with van der Waals surface area (Å²) in [6, 6.07) is 8.89. The van der Waals surface area contributed by atoms with Crippen molar-refractivity contribution in [3.63, 3.8) is 0 Å². The lowest BCUT2D eigenvalue weighted by molar-refractivity contribution is -0.122. The molecule has 1 heterocycles. The molecule has 0 radical (unpaired) electrons. The van der Waals surface area contributed by atoms with E-state index in [-0.39, 0.29) is 36.2 Å². The molecule has 0 aliphatic rings. The summed E-state index contributed by atoms with van der Waals surface area (Å²) in [6.45, 7) is 6.76. The van der Waals surface area contributed by atoms with Crippen LogP contribution < -0.4 is 25.0 Å². The normalized spacial score (nSPS) is 10.6. The topological polar surface area (TPSA) is 78.8 Å². The highest BCUT2D eigenvalue weighted by Crippen LogP contribution is 2.17. The second-order valence-corrected chi connectivity index (χ2v) is 6.63.